The van der Waals surface area contributed by atoms with Gasteiger partial charge in [-0.3, -0.25) is 14.9 Å². The lowest BCUT2D eigenvalue weighted by Crippen LogP contribution is -2.27. The maximum absolute atomic E-state index is 13.9. The molecule has 0 spiro atoms. The lowest BCUT2D eigenvalue weighted by Gasteiger charge is -2.18. The van der Waals surface area contributed by atoms with E-state index in [4.69, 9.17) is 0 Å². The number of hydrogen-bond acceptors (Lipinski definition) is 3. The highest BCUT2D eigenvalue weighted by Gasteiger charge is 2.38. The molecule has 3 rings (SSSR count). The highest BCUT2D eigenvalue weighted by molar-refractivity contribution is 9.10. The largest absolute Gasteiger partial charge is 0.417 e. The number of hydrogen-bond donors (Lipinski definition) is 0. The molecule has 0 unspecified atom stereocenters. The summed E-state index contributed by atoms with van der Waals surface area (Å²) < 4.78 is 43.4. The molecule has 0 bridgehead atoms. The quantitative estimate of drug-likeness (QED) is 0.433. The van der Waals surface area contributed by atoms with Gasteiger partial charge in [0.2, 0.25) is 0 Å². The van der Waals surface area contributed by atoms with Gasteiger partial charge in [0.05, 0.1) is 16.0 Å². The standard InChI is InChI=1S/C18H12BrF3N2O3/c1-23-15-6-5-12(24(26)27)9-13(15)16(18(20,21)22)14(17(23)25)8-10-3-2-4-11(19)7-10/h2-7,9H,8H2,1H3. The van der Waals surface area contributed by atoms with E-state index in [9.17, 15) is 28.1 Å². The Morgan fingerprint density at radius 2 is 1.89 bits per heavy atom. The van der Waals surface area contributed by atoms with E-state index in [0.29, 0.717) is 10.0 Å². The number of benzene rings is 2. The van der Waals surface area contributed by atoms with Crippen molar-refractivity contribution in [3.63, 3.8) is 0 Å². The van der Waals surface area contributed by atoms with Gasteiger partial charge in [0.25, 0.3) is 11.2 Å². The monoisotopic (exact) mass is 440 g/mol. The average molecular weight is 441 g/mol. The Labute approximate surface area is 159 Å². The number of nitrogens with zero attached hydrogens (tertiary/aromatic N) is 2. The first-order valence-corrected chi connectivity index (χ1v) is 8.50. The molecule has 5 nitrogen and oxygen atoms in total. The minimum Gasteiger partial charge on any atom is -0.311 e. The van der Waals surface area contributed by atoms with Crippen LogP contribution >= 0.6 is 15.9 Å². The molecule has 1 heterocycles. The van der Waals surface area contributed by atoms with Gasteiger partial charge in [-0.05, 0) is 23.8 Å². The number of halogens is 4. The van der Waals surface area contributed by atoms with E-state index in [-0.39, 0.29) is 17.3 Å². The summed E-state index contributed by atoms with van der Waals surface area (Å²) in [5, 5.41) is 10.6. The number of rotatable bonds is 3. The van der Waals surface area contributed by atoms with Crippen LogP contribution in [0.4, 0.5) is 18.9 Å². The molecule has 3 aromatic rings. The van der Waals surface area contributed by atoms with E-state index in [2.05, 4.69) is 15.9 Å². The fraction of sp³-hybridized carbons (Fsp3) is 0.167. The zero-order valence-corrected chi connectivity index (χ0v) is 15.5. The van der Waals surface area contributed by atoms with Crippen molar-refractivity contribution >= 4 is 32.5 Å². The van der Waals surface area contributed by atoms with Gasteiger partial charge in [0.1, 0.15) is 0 Å². The van der Waals surface area contributed by atoms with Crippen molar-refractivity contribution in [2.45, 2.75) is 12.6 Å². The summed E-state index contributed by atoms with van der Waals surface area (Å²) in [6.07, 6.45) is -5.10. The molecule has 27 heavy (non-hydrogen) atoms. The van der Waals surface area contributed by atoms with Gasteiger partial charge in [-0.2, -0.15) is 13.2 Å². The lowest BCUT2D eigenvalue weighted by atomic mass is 9.96. The maximum atomic E-state index is 13.9. The van der Waals surface area contributed by atoms with Crippen LogP contribution in [0.5, 0.6) is 0 Å². The third-order valence-corrected chi connectivity index (χ3v) is 4.73. The molecule has 0 N–H and O–H groups in total. The molecule has 9 heteroatoms. The molecule has 0 atom stereocenters. The topological polar surface area (TPSA) is 65.1 Å². The van der Waals surface area contributed by atoms with Crippen molar-refractivity contribution in [2.75, 3.05) is 0 Å². The molecule has 1 aromatic heterocycles. The number of aromatic nitrogens is 1. The second kappa shape index (κ2) is 6.80. The van der Waals surface area contributed by atoms with Crippen LogP contribution in [-0.2, 0) is 19.6 Å². The van der Waals surface area contributed by atoms with Crippen LogP contribution in [-0.4, -0.2) is 9.49 Å². The zero-order valence-electron chi connectivity index (χ0n) is 13.9. The minimum atomic E-state index is -4.85. The van der Waals surface area contributed by atoms with E-state index in [1.165, 1.54) is 7.05 Å². The number of nitro groups is 1. The van der Waals surface area contributed by atoms with E-state index in [1.54, 1.807) is 24.3 Å². The molecule has 0 saturated carbocycles. The number of fused-ring (bicyclic) bond motifs is 1. The van der Waals surface area contributed by atoms with Gasteiger partial charge >= 0.3 is 6.18 Å². The Morgan fingerprint density at radius 3 is 2.48 bits per heavy atom. The SMILES string of the molecule is Cn1c(=O)c(Cc2cccc(Br)c2)c(C(F)(F)F)c2cc([N+](=O)[O-])ccc21. The molecule has 0 radical (unpaired) electrons. The van der Waals surface area contributed by atoms with Crippen molar-refractivity contribution in [3.8, 4) is 0 Å². The number of pyridine rings is 1. The Kier molecular flexibility index (Phi) is 4.81. The van der Waals surface area contributed by atoms with Crippen LogP contribution < -0.4 is 5.56 Å². The summed E-state index contributed by atoms with van der Waals surface area (Å²) in [6.45, 7) is 0. The smallest absolute Gasteiger partial charge is 0.311 e. The van der Waals surface area contributed by atoms with Crippen LogP contribution in [0.1, 0.15) is 16.7 Å². The van der Waals surface area contributed by atoms with Gasteiger partial charge in [0.15, 0.2) is 0 Å². The summed E-state index contributed by atoms with van der Waals surface area (Å²) in [5.41, 5.74) is -2.35. The zero-order chi connectivity index (χ0) is 19.9. The van der Waals surface area contributed by atoms with Crippen LogP contribution in [0.3, 0.4) is 0 Å². The minimum absolute atomic E-state index is 0.0177. The Hall–Kier alpha value is -2.68. The molecule has 2 aromatic carbocycles. The lowest BCUT2D eigenvalue weighted by molar-refractivity contribution is -0.384. The maximum Gasteiger partial charge on any atom is 0.417 e. The Bertz CT molecular complexity index is 1120. The number of non-ortho nitro benzene ring substituents is 1. The van der Waals surface area contributed by atoms with Crippen molar-refractivity contribution < 1.29 is 18.1 Å². The molecule has 0 aliphatic rings. The van der Waals surface area contributed by atoms with Crippen molar-refractivity contribution in [2.24, 2.45) is 7.05 Å². The fourth-order valence-electron chi connectivity index (χ4n) is 3.05. The first kappa shape index (κ1) is 19.1. The third kappa shape index (κ3) is 3.59. The molecule has 0 aliphatic carbocycles. The fourth-order valence-corrected chi connectivity index (χ4v) is 3.50. The first-order valence-electron chi connectivity index (χ1n) is 7.71. The van der Waals surface area contributed by atoms with E-state index in [1.807, 2.05) is 0 Å². The van der Waals surface area contributed by atoms with Gasteiger partial charge in [-0.1, -0.05) is 28.1 Å². The Balaban J connectivity index is 2.39. The summed E-state index contributed by atoms with van der Waals surface area (Å²) in [5.74, 6) is 0. The van der Waals surface area contributed by atoms with Gasteiger partial charge in [-0.25, -0.2) is 0 Å². The summed E-state index contributed by atoms with van der Waals surface area (Å²) >= 11 is 3.25. The highest BCUT2D eigenvalue weighted by atomic mass is 79.9. The molecular formula is C18H12BrF3N2O3. The normalized spacial score (nSPS) is 11.7. The first-order chi connectivity index (χ1) is 12.6. The van der Waals surface area contributed by atoms with E-state index >= 15 is 0 Å². The molecule has 0 fully saturated rings. The van der Waals surface area contributed by atoms with E-state index in [0.717, 1.165) is 22.8 Å². The average Bonchev–Trinajstić information content (AvgIpc) is 2.58. The molecule has 140 valence electrons. The van der Waals surface area contributed by atoms with E-state index < -0.39 is 33.5 Å². The van der Waals surface area contributed by atoms with Crippen LogP contribution in [0, 0.1) is 10.1 Å². The predicted molar refractivity (Wildman–Crippen MR) is 97.8 cm³/mol. The second-order valence-electron chi connectivity index (χ2n) is 5.98. The van der Waals surface area contributed by atoms with Crippen LogP contribution in [0.15, 0.2) is 51.7 Å². The number of aryl methyl sites for hydroxylation is 1. The van der Waals surface area contributed by atoms with Crippen molar-refractivity contribution in [1.82, 2.24) is 4.57 Å². The number of nitro benzene ring substituents is 1. The van der Waals surface area contributed by atoms with Gasteiger partial charge < -0.3 is 4.57 Å². The van der Waals surface area contributed by atoms with Crippen molar-refractivity contribution in [1.29, 1.82) is 0 Å². The summed E-state index contributed by atoms with van der Waals surface area (Å²) in [7, 11) is 1.35. The third-order valence-electron chi connectivity index (χ3n) is 4.24. The molecule has 0 amide bonds. The van der Waals surface area contributed by atoms with Gasteiger partial charge in [-0.15, -0.1) is 0 Å². The van der Waals surface area contributed by atoms with Crippen LogP contribution in [0.2, 0.25) is 0 Å². The number of alkyl halides is 3. The predicted octanol–water partition coefficient (Wildman–Crippen LogP) is 4.82. The van der Waals surface area contributed by atoms with Crippen molar-refractivity contribution in [3.05, 3.63) is 84.1 Å². The Morgan fingerprint density at radius 1 is 1.19 bits per heavy atom. The molecule has 0 aliphatic heterocycles. The second-order valence-corrected chi connectivity index (χ2v) is 6.90. The molecule has 0 saturated heterocycles. The summed E-state index contributed by atoms with van der Waals surface area (Å²) in [6, 6.07) is 9.71. The molecular weight excluding hydrogens is 429 g/mol. The summed E-state index contributed by atoms with van der Waals surface area (Å²) in [4.78, 5) is 22.9. The highest BCUT2D eigenvalue weighted by Crippen LogP contribution is 2.38. The van der Waals surface area contributed by atoms with Crippen LogP contribution in [0.25, 0.3) is 10.9 Å². The van der Waals surface area contributed by atoms with Gasteiger partial charge in [0, 0.05) is 41.0 Å².